The number of rotatable bonds is 51. The van der Waals surface area contributed by atoms with E-state index in [4.69, 9.17) is 54.3 Å². The molecule has 444 valence electrons. The Hall–Kier alpha value is 1.41. The molecular weight excluding hydrogens is 1140 g/mol. The zero-order valence-corrected chi connectivity index (χ0v) is 55.9. The molecule has 0 saturated carbocycles. The Labute approximate surface area is 457 Å². The molecule has 0 unspecified atom stereocenters. The van der Waals surface area contributed by atoms with E-state index < -0.39 is 69.3 Å². The molecule has 18 nitrogen and oxygen atoms in total. The maximum absolute atomic E-state index is 13.8. The van der Waals surface area contributed by atoms with Crippen molar-refractivity contribution in [1.29, 1.82) is 0 Å². The van der Waals surface area contributed by atoms with Crippen molar-refractivity contribution < 1.29 is 81.7 Å². The molecule has 0 aliphatic carbocycles. The molecule has 1 aromatic carbocycles. The Balaban J connectivity index is 3.90. The summed E-state index contributed by atoms with van der Waals surface area (Å²) in [5.41, 5.74) is 3.34. The standard InChI is InChI=1S/C48H99O18P9/c1-13-55-70(49,56-14-2)37-31-67(32-38-71(50,57-15-3)58-16-4)28-25-46-43-47(26-29-68(33-39-72(51,59-17-5)60-18-6)34-40-73(52,61-19-7)62-20-8)45-48(44-46)27-30-69(35-41-74(53,63-21-9)64-22-10)36-42-75(54,65-23-11)66-24-12/h43-45H,13-42H2,1-12H3. The van der Waals surface area contributed by atoms with Crippen molar-refractivity contribution in [3.63, 3.8) is 0 Å². The molecule has 0 amide bonds. The summed E-state index contributed by atoms with van der Waals surface area (Å²) in [4.78, 5) is 0. The summed E-state index contributed by atoms with van der Waals surface area (Å²) in [5, 5.41) is 0. The van der Waals surface area contributed by atoms with Crippen LogP contribution >= 0.6 is 69.3 Å². The van der Waals surface area contributed by atoms with E-state index in [0.29, 0.717) is 56.2 Å². The van der Waals surface area contributed by atoms with Crippen LogP contribution in [0.25, 0.3) is 0 Å². The summed E-state index contributed by atoms with van der Waals surface area (Å²) in [7, 11) is -22.7. The van der Waals surface area contributed by atoms with Gasteiger partial charge < -0.3 is 54.3 Å². The SMILES string of the molecule is CCOP(=O)(CCP(CCc1cc(CCP(CCP(=O)(OCC)OCC)CCP(=O)(OCC)OCC)cc(CCP(CCP(=O)(OCC)OCC)CCP(=O)(OCC)OCC)c1)CCP(=O)(OCC)OCC)OCC. The largest absolute Gasteiger partial charge is 0.331 e. The van der Waals surface area contributed by atoms with E-state index in [9.17, 15) is 27.4 Å². The van der Waals surface area contributed by atoms with Crippen molar-refractivity contribution in [2.24, 2.45) is 0 Å². The second-order valence-corrected chi connectivity index (χ2v) is 38.1. The molecule has 75 heavy (non-hydrogen) atoms. The van der Waals surface area contributed by atoms with Crippen molar-refractivity contribution in [3.8, 4) is 0 Å². The highest BCUT2D eigenvalue weighted by atomic mass is 31.2. The van der Waals surface area contributed by atoms with E-state index in [0.717, 1.165) is 35.2 Å². The monoisotopic (exact) mass is 1240 g/mol. The van der Waals surface area contributed by atoms with Gasteiger partial charge >= 0.3 is 45.6 Å². The van der Waals surface area contributed by atoms with Gasteiger partial charge in [-0.3, -0.25) is 27.4 Å². The minimum atomic E-state index is -3.36. The summed E-state index contributed by atoms with van der Waals surface area (Å²) in [6, 6.07) is 6.71. The second kappa shape index (κ2) is 41.4. The minimum Gasteiger partial charge on any atom is -0.309 e. The topological polar surface area (TPSA) is 213 Å². The summed E-state index contributed by atoms with van der Waals surface area (Å²) in [5.74, 6) is 0. The first-order valence-corrected chi connectivity index (χ1v) is 43.3. The first-order valence-electron chi connectivity index (χ1n) is 27.3. The molecule has 1 rings (SSSR count). The maximum Gasteiger partial charge on any atom is 0.331 e. The van der Waals surface area contributed by atoms with Crippen LogP contribution in [0.15, 0.2) is 18.2 Å². The van der Waals surface area contributed by atoms with Gasteiger partial charge in [0.2, 0.25) is 0 Å². The first kappa shape index (κ1) is 74.4. The van der Waals surface area contributed by atoms with Gasteiger partial charge in [-0.2, -0.15) is 0 Å². The van der Waals surface area contributed by atoms with Crippen molar-refractivity contribution in [2.75, 3.05) is 172 Å². The summed E-state index contributed by atoms with van der Waals surface area (Å²) in [6.07, 6.45) is 9.21. The van der Waals surface area contributed by atoms with Crippen molar-refractivity contribution in [2.45, 2.75) is 102 Å². The predicted molar refractivity (Wildman–Crippen MR) is 316 cm³/mol. The van der Waals surface area contributed by atoms with Gasteiger partial charge in [0.05, 0.1) is 116 Å². The number of hydrogen-bond donors (Lipinski definition) is 0. The molecule has 0 spiro atoms. The fraction of sp³-hybridized carbons (Fsp3) is 0.875. The van der Waals surface area contributed by atoms with Crippen LogP contribution in [-0.4, -0.2) is 172 Å². The van der Waals surface area contributed by atoms with E-state index in [1.807, 2.05) is 0 Å². The first-order chi connectivity index (χ1) is 35.7. The molecule has 0 bridgehead atoms. The molecule has 27 heteroatoms. The highest BCUT2D eigenvalue weighted by Gasteiger charge is 2.32. The number of aryl methyl sites for hydroxylation is 3. The van der Waals surface area contributed by atoms with Gasteiger partial charge in [-0.15, -0.1) is 23.8 Å². The Bertz CT molecular complexity index is 1580. The van der Waals surface area contributed by atoms with Crippen LogP contribution in [0.1, 0.15) is 99.8 Å². The number of hydrogen-bond acceptors (Lipinski definition) is 18. The Morgan fingerprint density at radius 2 is 0.387 bits per heavy atom. The zero-order chi connectivity index (χ0) is 56.3. The normalized spacial score (nSPS) is 13.3. The molecule has 0 aromatic heterocycles. The van der Waals surface area contributed by atoms with Crippen LogP contribution in [0.4, 0.5) is 0 Å². The smallest absolute Gasteiger partial charge is 0.309 e. The highest BCUT2D eigenvalue weighted by molar-refractivity contribution is 7.63. The van der Waals surface area contributed by atoms with Crippen LogP contribution < -0.4 is 0 Å². The third-order valence-corrected chi connectivity index (χ3v) is 33.6. The molecule has 0 fully saturated rings. The van der Waals surface area contributed by atoms with E-state index in [2.05, 4.69) is 18.2 Å². The van der Waals surface area contributed by atoms with Crippen molar-refractivity contribution in [3.05, 3.63) is 34.9 Å². The summed E-state index contributed by atoms with van der Waals surface area (Å²) >= 11 is 0. The molecule has 1 aromatic rings. The second-order valence-electron chi connectivity index (χ2n) is 17.0. The van der Waals surface area contributed by atoms with Gasteiger partial charge in [-0.05, 0) is 174 Å². The van der Waals surface area contributed by atoms with Gasteiger partial charge in [-0.1, -0.05) is 18.2 Å². The fourth-order valence-corrected chi connectivity index (χ4v) is 31.2. The number of benzene rings is 1. The lowest BCUT2D eigenvalue weighted by molar-refractivity contribution is 0.220. The molecule has 0 N–H and O–H groups in total. The highest BCUT2D eigenvalue weighted by Crippen LogP contribution is 2.58. The molecule has 0 heterocycles. The fourth-order valence-electron chi connectivity index (χ4n) is 8.08. The molecule has 0 saturated heterocycles. The minimum absolute atomic E-state index is 0.241. The average molecular weight is 1240 g/mol. The quantitative estimate of drug-likeness (QED) is 0.0555. The predicted octanol–water partition coefficient (Wildman–Crippen LogP) is 15.4. The third-order valence-electron chi connectivity index (χ3n) is 11.3. The summed E-state index contributed by atoms with van der Waals surface area (Å²) in [6.45, 7) is 24.7. The lowest BCUT2D eigenvalue weighted by Gasteiger charge is -2.25. The zero-order valence-electron chi connectivity index (χ0n) is 47.8. The van der Waals surface area contributed by atoms with E-state index in [-0.39, 0.29) is 116 Å². The molecule has 0 atom stereocenters. The van der Waals surface area contributed by atoms with Crippen LogP contribution in [0.5, 0.6) is 0 Å². The van der Waals surface area contributed by atoms with Crippen LogP contribution in [0, 0.1) is 0 Å². The maximum atomic E-state index is 13.8. The molecular formula is C48H99O18P9. The van der Waals surface area contributed by atoms with Crippen molar-refractivity contribution >= 4 is 69.3 Å². The molecule has 0 radical (unpaired) electrons. The lowest BCUT2D eigenvalue weighted by atomic mass is 10.0. The Kier molecular flexibility index (Phi) is 41.1. The van der Waals surface area contributed by atoms with E-state index in [1.54, 1.807) is 83.1 Å². The molecule has 0 aliphatic heterocycles. The summed E-state index contributed by atoms with van der Waals surface area (Å²) < 4.78 is 151. The van der Waals surface area contributed by atoms with E-state index >= 15 is 0 Å². The van der Waals surface area contributed by atoms with Gasteiger partial charge in [0.1, 0.15) is 0 Å². The molecule has 0 aliphatic rings. The van der Waals surface area contributed by atoms with Gasteiger partial charge in [0.15, 0.2) is 0 Å². The van der Waals surface area contributed by atoms with Gasteiger partial charge in [-0.25, -0.2) is 0 Å². The van der Waals surface area contributed by atoms with E-state index in [1.165, 1.54) is 0 Å². The van der Waals surface area contributed by atoms with Crippen molar-refractivity contribution in [1.82, 2.24) is 0 Å². The van der Waals surface area contributed by atoms with Gasteiger partial charge in [0, 0.05) is 0 Å². The Morgan fingerprint density at radius 3 is 0.507 bits per heavy atom. The average Bonchev–Trinajstić information content (AvgIpc) is 3.34. The Morgan fingerprint density at radius 1 is 0.253 bits per heavy atom. The van der Waals surface area contributed by atoms with Gasteiger partial charge in [0.25, 0.3) is 0 Å². The van der Waals surface area contributed by atoms with Crippen LogP contribution in [-0.2, 0) is 101 Å². The van der Waals surface area contributed by atoms with Crippen LogP contribution in [0.2, 0.25) is 0 Å². The lowest BCUT2D eigenvalue weighted by Crippen LogP contribution is -2.11. The van der Waals surface area contributed by atoms with Crippen LogP contribution in [0.3, 0.4) is 0 Å². The third kappa shape index (κ3) is 32.2.